The minimum atomic E-state index is -1.99. The molecule has 0 aliphatic carbocycles. The van der Waals surface area contributed by atoms with Gasteiger partial charge in [0.25, 0.3) is 0 Å². The summed E-state index contributed by atoms with van der Waals surface area (Å²) in [6.07, 6.45) is 0. The van der Waals surface area contributed by atoms with Crippen LogP contribution in [0.5, 0.6) is 23.0 Å². The molecule has 0 bridgehead atoms. The Morgan fingerprint density at radius 3 is 1.43 bits per heavy atom. The molecule has 7 heteroatoms. The van der Waals surface area contributed by atoms with E-state index in [0.717, 1.165) is 28.7 Å². The Bertz CT molecular complexity index is 2140. The van der Waals surface area contributed by atoms with Crippen molar-refractivity contribution < 1.29 is 9.47 Å². The van der Waals surface area contributed by atoms with Crippen LogP contribution < -0.4 is 35.1 Å². The standard InChI is InChI=1S/C40H33NO2S2Si2/c1-46(2)34-22-9-7-20-32(34)44-39-27(15-12-24-36(39)46)41(26-14-11-19-31-38(26)43-30-18-6-5-17-29(30)42-31)28-16-13-25-37-40(28)45-33-21-8-10-23-35(33)47(37,3)4/h5-25H,1-4H3. The zero-order valence-electron chi connectivity index (χ0n) is 26.7. The summed E-state index contributed by atoms with van der Waals surface area (Å²) in [5.41, 5.74) is 3.31. The Morgan fingerprint density at radius 2 is 0.851 bits per heavy atom. The lowest BCUT2D eigenvalue weighted by molar-refractivity contribution is 0.360. The number of benzene rings is 6. The molecule has 230 valence electrons. The van der Waals surface area contributed by atoms with Gasteiger partial charge in [0.15, 0.2) is 23.0 Å². The Morgan fingerprint density at radius 1 is 0.426 bits per heavy atom. The van der Waals surface area contributed by atoms with Crippen molar-refractivity contribution in [1.29, 1.82) is 0 Å². The van der Waals surface area contributed by atoms with E-state index in [1.54, 1.807) is 0 Å². The SMILES string of the molecule is C[Si]1(C)c2ccccc2Sc2c(N(c3cccc4c3Oc3ccccc3O4)c3cccc4c3Sc3ccccc3[Si]4(C)C)cccc21. The van der Waals surface area contributed by atoms with Gasteiger partial charge < -0.3 is 14.4 Å². The number of para-hydroxylation sites is 3. The Balaban J connectivity index is 1.32. The normalized spacial score (nSPS) is 15.7. The highest BCUT2D eigenvalue weighted by Gasteiger charge is 2.40. The van der Waals surface area contributed by atoms with Crippen LogP contribution in [0.4, 0.5) is 17.1 Å². The third-order valence-electron chi connectivity index (χ3n) is 9.84. The van der Waals surface area contributed by atoms with Gasteiger partial charge in [-0.05, 0) is 69.3 Å². The molecule has 9 rings (SSSR count). The Kier molecular flexibility index (Phi) is 6.60. The summed E-state index contributed by atoms with van der Waals surface area (Å²) in [5, 5.41) is 5.94. The molecule has 0 N–H and O–H groups in total. The molecular weight excluding hydrogens is 647 g/mol. The molecule has 0 amide bonds. The van der Waals surface area contributed by atoms with Gasteiger partial charge in [0.1, 0.15) is 16.1 Å². The van der Waals surface area contributed by atoms with Crippen molar-refractivity contribution in [3.05, 3.63) is 127 Å². The predicted octanol–water partition coefficient (Wildman–Crippen LogP) is 9.63. The quantitative estimate of drug-likeness (QED) is 0.173. The molecule has 0 saturated carbocycles. The summed E-state index contributed by atoms with van der Waals surface area (Å²) in [7, 11) is -3.98. The summed E-state index contributed by atoms with van der Waals surface area (Å²) in [6.45, 7) is 9.95. The van der Waals surface area contributed by atoms with E-state index in [2.05, 4.69) is 128 Å². The molecule has 47 heavy (non-hydrogen) atoms. The van der Waals surface area contributed by atoms with Crippen LogP contribution in [-0.2, 0) is 0 Å². The summed E-state index contributed by atoms with van der Waals surface area (Å²) in [4.78, 5) is 7.84. The van der Waals surface area contributed by atoms with E-state index in [4.69, 9.17) is 9.47 Å². The van der Waals surface area contributed by atoms with Gasteiger partial charge in [-0.2, -0.15) is 0 Å². The molecule has 0 atom stereocenters. The van der Waals surface area contributed by atoms with E-state index in [9.17, 15) is 0 Å². The first-order valence-corrected chi connectivity index (χ1v) is 23.7. The first kappa shape index (κ1) is 29.0. The monoisotopic (exact) mass is 679 g/mol. The number of nitrogens with zero attached hydrogens (tertiary/aromatic N) is 1. The predicted molar refractivity (Wildman–Crippen MR) is 202 cm³/mol. The first-order valence-electron chi connectivity index (χ1n) is 16.0. The van der Waals surface area contributed by atoms with E-state index < -0.39 is 16.1 Å². The summed E-state index contributed by atoms with van der Waals surface area (Å²) >= 11 is 3.81. The number of rotatable bonds is 3. The summed E-state index contributed by atoms with van der Waals surface area (Å²) < 4.78 is 13.2. The lowest BCUT2D eigenvalue weighted by atomic mass is 10.1. The van der Waals surface area contributed by atoms with E-state index in [1.165, 1.54) is 51.7 Å². The van der Waals surface area contributed by atoms with E-state index in [0.29, 0.717) is 0 Å². The van der Waals surface area contributed by atoms with Crippen molar-refractivity contribution in [3.63, 3.8) is 0 Å². The third-order valence-corrected chi connectivity index (χ3v) is 20.1. The minimum absolute atomic E-state index is 0.723. The Labute approximate surface area is 286 Å². The van der Waals surface area contributed by atoms with E-state index in [1.807, 2.05) is 53.9 Å². The topological polar surface area (TPSA) is 21.7 Å². The van der Waals surface area contributed by atoms with Crippen LogP contribution in [0.15, 0.2) is 147 Å². The number of fused-ring (bicyclic) bond motifs is 6. The lowest BCUT2D eigenvalue weighted by Crippen LogP contribution is -2.56. The van der Waals surface area contributed by atoms with Crippen molar-refractivity contribution in [2.24, 2.45) is 0 Å². The molecule has 3 heterocycles. The fourth-order valence-corrected chi connectivity index (χ4v) is 18.4. The van der Waals surface area contributed by atoms with E-state index in [-0.39, 0.29) is 0 Å². The van der Waals surface area contributed by atoms with Crippen LogP contribution in [0.25, 0.3) is 0 Å². The minimum Gasteiger partial charge on any atom is -0.449 e. The highest BCUT2D eigenvalue weighted by Crippen LogP contribution is 2.55. The van der Waals surface area contributed by atoms with Crippen molar-refractivity contribution in [3.8, 4) is 23.0 Å². The molecule has 3 aliphatic rings. The van der Waals surface area contributed by atoms with Gasteiger partial charge in [-0.3, -0.25) is 0 Å². The molecule has 0 unspecified atom stereocenters. The van der Waals surface area contributed by atoms with Gasteiger partial charge in [-0.25, -0.2) is 0 Å². The third kappa shape index (κ3) is 4.40. The molecule has 3 nitrogen and oxygen atoms in total. The van der Waals surface area contributed by atoms with Crippen molar-refractivity contribution in [1.82, 2.24) is 0 Å². The van der Waals surface area contributed by atoms with Gasteiger partial charge >= 0.3 is 0 Å². The maximum absolute atomic E-state index is 6.75. The second-order valence-electron chi connectivity index (χ2n) is 13.3. The molecule has 0 radical (unpaired) electrons. The number of hydrogen-bond donors (Lipinski definition) is 0. The molecule has 0 aromatic heterocycles. The Hall–Kier alpha value is -4.15. The molecule has 3 aliphatic heterocycles. The van der Waals surface area contributed by atoms with Crippen LogP contribution in [0.3, 0.4) is 0 Å². The highest BCUT2D eigenvalue weighted by atomic mass is 32.2. The van der Waals surface area contributed by atoms with Crippen LogP contribution in [0.1, 0.15) is 0 Å². The molecule has 0 fully saturated rings. The van der Waals surface area contributed by atoms with Crippen LogP contribution in [0.2, 0.25) is 26.2 Å². The second-order valence-corrected chi connectivity index (χ2v) is 24.1. The highest BCUT2D eigenvalue weighted by molar-refractivity contribution is 8.00. The van der Waals surface area contributed by atoms with Crippen LogP contribution in [-0.4, -0.2) is 16.1 Å². The lowest BCUT2D eigenvalue weighted by Gasteiger charge is -2.39. The van der Waals surface area contributed by atoms with Gasteiger partial charge in [0.05, 0.1) is 17.1 Å². The zero-order chi connectivity index (χ0) is 31.9. The van der Waals surface area contributed by atoms with Gasteiger partial charge in [0, 0.05) is 19.6 Å². The summed E-state index contributed by atoms with van der Waals surface area (Å²) in [5.74, 6) is 2.92. The fourth-order valence-electron chi connectivity index (χ4n) is 7.35. The van der Waals surface area contributed by atoms with Crippen molar-refractivity contribution in [2.45, 2.75) is 45.8 Å². The smallest absolute Gasteiger partial charge is 0.194 e. The zero-order valence-corrected chi connectivity index (χ0v) is 30.3. The second kappa shape index (κ2) is 10.7. The fraction of sp³-hybridized carbons (Fsp3) is 0.100. The van der Waals surface area contributed by atoms with Gasteiger partial charge in [-0.1, -0.05) is 129 Å². The number of hydrogen-bond acceptors (Lipinski definition) is 5. The molecule has 0 spiro atoms. The van der Waals surface area contributed by atoms with E-state index >= 15 is 0 Å². The van der Waals surface area contributed by atoms with Crippen LogP contribution in [0, 0.1) is 0 Å². The average Bonchev–Trinajstić information content (AvgIpc) is 3.08. The maximum atomic E-state index is 6.75. The molecule has 0 saturated heterocycles. The first-order chi connectivity index (χ1) is 22.8. The molecule has 6 aromatic carbocycles. The van der Waals surface area contributed by atoms with Crippen molar-refractivity contribution >= 4 is 77.5 Å². The number of anilines is 3. The van der Waals surface area contributed by atoms with Crippen molar-refractivity contribution in [2.75, 3.05) is 4.90 Å². The molecular formula is C40H33NO2S2Si2. The molecule has 6 aromatic rings. The average molecular weight is 680 g/mol. The number of ether oxygens (including phenoxy) is 2. The van der Waals surface area contributed by atoms with Gasteiger partial charge in [-0.15, -0.1) is 0 Å². The van der Waals surface area contributed by atoms with Gasteiger partial charge in [0.2, 0.25) is 0 Å². The van der Waals surface area contributed by atoms with Crippen LogP contribution >= 0.6 is 23.5 Å². The summed E-state index contributed by atoms with van der Waals surface area (Å²) in [6, 6.07) is 46.0. The largest absolute Gasteiger partial charge is 0.449 e. The maximum Gasteiger partial charge on any atom is 0.194 e.